The zero-order valence-corrected chi connectivity index (χ0v) is 11.4. The molecule has 1 aromatic rings. The molecule has 0 aliphatic carbocycles. The van der Waals surface area contributed by atoms with Crippen LogP contribution in [0.3, 0.4) is 0 Å². The highest BCUT2D eigenvalue weighted by Gasteiger charge is 2.27. The van der Waals surface area contributed by atoms with Crippen LogP contribution in [-0.2, 0) is 14.3 Å². The number of nitrogens with one attached hydrogen (secondary N) is 1. The summed E-state index contributed by atoms with van der Waals surface area (Å²) in [6.07, 6.45) is 1.77. The summed E-state index contributed by atoms with van der Waals surface area (Å²) in [6.45, 7) is 4.39. The van der Waals surface area contributed by atoms with Crippen LogP contribution in [0.5, 0.6) is 0 Å². The fourth-order valence-corrected chi connectivity index (χ4v) is 2.26. The van der Waals surface area contributed by atoms with E-state index in [1.54, 1.807) is 0 Å². The summed E-state index contributed by atoms with van der Waals surface area (Å²) in [5.41, 5.74) is 2.08. The van der Waals surface area contributed by atoms with Crippen molar-refractivity contribution >= 4 is 11.7 Å². The zero-order chi connectivity index (χ0) is 13.5. The fourth-order valence-electron chi connectivity index (χ4n) is 2.26. The number of benzene rings is 1. The molecular weight excluding hydrogens is 242 g/mol. The Morgan fingerprint density at radius 2 is 2.16 bits per heavy atom. The van der Waals surface area contributed by atoms with Gasteiger partial charge in [-0.1, -0.05) is 25.1 Å². The van der Waals surface area contributed by atoms with Crippen LogP contribution in [0.15, 0.2) is 24.3 Å². The third-order valence-corrected chi connectivity index (χ3v) is 3.19. The Bertz CT molecular complexity index is 420. The summed E-state index contributed by atoms with van der Waals surface area (Å²) in [4.78, 5) is 12.1. The standard InChI is InChI=1S/C15H21NO3/c1-2-9-18-10-11-19-15(17)13-7-8-16-14-6-4-3-5-12(13)14/h3-6,13,16H,2,7-11H2,1H3. The summed E-state index contributed by atoms with van der Waals surface area (Å²) >= 11 is 0. The molecule has 0 saturated carbocycles. The molecule has 1 aliphatic rings. The van der Waals surface area contributed by atoms with Crippen LogP contribution < -0.4 is 5.32 Å². The fraction of sp³-hybridized carbons (Fsp3) is 0.533. The molecule has 0 radical (unpaired) electrons. The molecule has 19 heavy (non-hydrogen) atoms. The lowest BCUT2D eigenvalue weighted by molar-refractivity contribution is -0.147. The average molecular weight is 263 g/mol. The van der Waals surface area contributed by atoms with Crippen molar-refractivity contribution < 1.29 is 14.3 Å². The first-order valence-corrected chi connectivity index (χ1v) is 6.90. The second kappa shape index (κ2) is 7.14. The van der Waals surface area contributed by atoms with Crippen LogP contribution in [-0.4, -0.2) is 32.3 Å². The van der Waals surface area contributed by atoms with Gasteiger partial charge in [0.25, 0.3) is 0 Å². The van der Waals surface area contributed by atoms with E-state index in [1.807, 2.05) is 24.3 Å². The number of rotatable bonds is 6. The van der Waals surface area contributed by atoms with Crippen molar-refractivity contribution in [1.29, 1.82) is 0 Å². The maximum Gasteiger partial charge on any atom is 0.313 e. The summed E-state index contributed by atoms with van der Waals surface area (Å²) in [6, 6.07) is 7.91. The van der Waals surface area contributed by atoms with Gasteiger partial charge in [-0.2, -0.15) is 0 Å². The van der Waals surface area contributed by atoms with Crippen LogP contribution in [0.1, 0.15) is 31.2 Å². The number of anilines is 1. The van der Waals surface area contributed by atoms with E-state index >= 15 is 0 Å². The first kappa shape index (κ1) is 13.9. The lowest BCUT2D eigenvalue weighted by Crippen LogP contribution is -2.25. The maximum absolute atomic E-state index is 12.1. The molecule has 0 spiro atoms. The number of hydrogen-bond donors (Lipinski definition) is 1. The van der Waals surface area contributed by atoms with Gasteiger partial charge in [-0.15, -0.1) is 0 Å². The van der Waals surface area contributed by atoms with Gasteiger partial charge in [0.2, 0.25) is 0 Å². The second-order valence-corrected chi connectivity index (χ2v) is 4.64. The van der Waals surface area contributed by atoms with E-state index in [9.17, 15) is 4.79 Å². The molecule has 2 rings (SSSR count). The highest BCUT2D eigenvalue weighted by molar-refractivity contribution is 5.81. The van der Waals surface area contributed by atoms with E-state index in [0.29, 0.717) is 19.8 Å². The van der Waals surface area contributed by atoms with Gasteiger partial charge in [0, 0.05) is 18.8 Å². The summed E-state index contributed by atoms with van der Waals surface area (Å²) < 4.78 is 10.6. The first-order valence-electron chi connectivity index (χ1n) is 6.90. The molecule has 4 nitrogen and oxygen atoms in total. The number of hydrogen-bond acceptors (Lipinski definition) is 4. The zero-order valence-electron chi connectivity index (χ0n) is 11.4. The van der Waals surface area contributed by atoms with Crippen molar-refractivity contribution in [2.45, 2.75) is 25.7 Å². The average Bonchev–Trinajstić information content (AvgIpc) is 2.46. The molecule has 0 fully saturated rings. The molecule has 0 saturated heterocycles. The number of esters is 1. The van der Waals surface area contributed by atoms with Gasteiger partial charge >= 0.3 is 5.97 Å². The molecule has 0 bridgehead atoms. The normalized spacial score (nSPS) is 17.4. The molecule has 1 heterocycles. The Hall–Kier alpha value is -1.55. The van der Waals surface area contributed by atoms with Crippen molar-refractivity contribution in [3.63, 3.8) is 0 Å². The summed E-state index contributed by atoms with van der Waals surface area (Å²) in [7, 11) is 0. The van der Waals surface area contributed by atoms with Gasteiger partial charge in [-0.05, 0) is 24.5 Å². The molecule has 1 aromatic carbocycles. The molecule has 0 aromatic heterocycles. The minimum atomic E-state index is -0.149. The van der Waals surface area contributed by atoms with Gasteiger partial charge in [0.1, 0.15) is 6.61 Å². The van der Waals surface area contributed by atoms with Gasteiger partial charge in [0.05, 0.1) is 12.5 Å². The Balaban J connectivity index is 1.86. The van der Waals surface area contributed by atoms with Crippen LogP contribution in [0.4, 0.5) is 5.69 Å². The predicted octanol–water partition coefficient (Wildman–Crippen LogP) is 2.56. The minimum absolute atomic E-state index is 0.144. The minimum Gasteiger partial charge on any atom is -0.463 e. The molecule has 1 unspecified atom stereocenters. The van der Waals surface area contributed by atoms with E-state index in [4.69, 9.17) is 9.47 Å². The third-order valence-electron chi connectivity index (χ3n) is 3.19. The molecular formula is C15H21NO3. The smallest absolute Gasteiger partial charge is 0.313 e. The molecule has 1 atom stereocenters. The molecule has 104 valence electrons. The SMILES string of the molecule is CCCOCCOC(=O)C1CCNc2ccccc21. The highest BCUT2D eigenvalue weighted by Crippen LogP contribution is 2.31. The van der Waals surface area contributed by atoms with E-state index < -0.39 is 0 Å². The Morgan fingerprint density at radius 1 is 1.32 bits per heavy atom. The van der Waals surface area contributed by atoms with Crippen molar-refractivity contribution in [2.75, 3.05) is 31.7 Å². The Kier molecular flexibility index (Phi) is 5.21. The highest BCUT2D eigenvalue weighted by atomic mass is 16.6. The van der Waals surface area contributed by atoms with Gasteiger partial charge in [-0.25, -0.2) is 0 Å². The second-order valence-electron chi connectivity index (χ2n) is 4.64. The van der Waals surface area contributed by atoms with Crippen molar-refractivity contribution in [2.24, 2.45) is 0 Å². The Labute approximate surface area is 114 Å². The first-order chi connectivity index (χ1) is 9.33. The van der Waals surface area contributed by atoms with Gasteiger partial charge in [-0.3, -0.25) is 4.79 Å². The van der Waals surface area contributed by atoms with E-state index in [2.05, 4.69) is 12.2 Å². The van der Waals surface area contributed by atoms with E-state index in [-0.39, 0.29) is 11.9 Å². The monoisotopic (exact) mass is 263 g/mol. The summed E-state index contributed by atoms with van der Waals surface area (Å²) in [5, 5.41) is 3.30. The lowest BCUT2D eigenvalue weighted by Gasteiger charge is -2.25. The van der Waals surface area contributed by atoms with Gasteiger partial charge in [0.15, 0.2) is 0 Å². The van der Waals surface area contributed by atoms with Crippen molar-refractivity contribution in [1.82, 2.24) is 0 Å². The van der Waals surface area contributed by atoms with Crippen LogP contribution in [0, 0.1) is 0 Å². The number of fused-ring (bicyclic) bond motifs is 1. The van der Waals surface area contributed by atoms with Crippen molar-refractivity contribution in [3.8, 4) is 0 Å². The third kappa shape index (κ3) is 3.70. The topological polar surface area (TPSA) is 47.6 Å². The van der Waals surface area contributed by atoms with E-state index in [0.717, 1.165) is 30.6 Å². The molecule has 1 aliphatic heterocycles. The number of carbonyl (C=O) groups is 1. The van der Waals surface area contributed by atoms with Gasteiger partial charge < -0.3 is 14.8 Å². The largest absolute Gasteiger partial charge is 0.463 e. The molecule has 0 amide bonds. The van der Waals surface area contributed by atoms with Crippen LogP contribution >= 0.6 is 0 Å². The maximum atomic E-state index is 12.1. The molecule has 1 N–H and O–H groups in total. The van der Waals surface area contributed by atoms with E-state index in [1.165, 1.54) is 0 Å². The quantitative estimate of drug-likeness (QED) is 0.633. The molecule has 4 heteroatoms. The lowest BCUT2D eigenvalue weighted by atomic mass is 9.91. The number of ether oxygens (including phenoxy) is 2. The number of carbonyl (C=O) groups excluding carboxylic acids is 1. The Morgan fingerprint density at radius 3 is 3.00 bits per heavy atom. The van der Waals surface area contributed by atoms with Crippen LogP contribution in [0.25, 0.3) is 0 Å². The van der Waals surface area contributed by atoms with Crippen LogP contribution in [0.2, 0.25) is 0 Å². The van der Waals surface area contributed by atoms with Crippen molar-refractivity contribution in [3.05, 3.63) is 29.8 Å². The number of para-hydroxylation sites is 1. The summed E-state index contributed by atoms with van der Waals surface area (Å²) in [5.74, 6) is -0.294. The predicted molar refractivity (Wildman–Crippen MR) is 74.4 cm³/mol.